The molecule has 0 unspecified atom stereocenters. The number of Topliss-reactive ketones (excluding diaryl/α,β-unsaturated/α-hetero) is 1. The Morgan fingerprint density at radius 1 is 0.944 bits per heavy atom. The molecule has 3 aromatic carbocycles. The van der Waals surface area contributed by atoms with Crippen LogP contribution in [0.3, 0.4) is 0 Å². The Kier molecular flexibility index (Phi) is 6.60. The van der Waals surface area contributed by atoms with E-state index in [9.17, 15) is 10.1 Å². The van der Waals surface area contributed by atoms with Gasteiger partial charge >= 0.3 is 0 Å². The Labute approximate surface area is 211 Å². The third-order valence-electron chi connectivity index (χ3n) is 6.98. The fourth-order valence-corrected chi connectivity index (χ4v) is 5.20. The van der Waals surface area contributed by atoms with Gasteiger partial charge in [0.15, 0.2) is 17.3 Å². The molecule has 1 aliphatic heterocycles. The highest BCUT2D eigenvalue weighted by atomic mass is 16.5. The number of hydrogen-bond acceptors (Lipinski definition) is 5. The van der Waals surface area contributed by atoms with Gasteiger partial charge in [-0.3, -0.25) is 4.79 Å². The van der Waals surface area contributed by atoms with Crippen molar-refractivity contribution in [1.82, 2.24) is 5.32 Å². The highest BCUT2D eigenvalue weighted by Gasteiger charge is 2.39. The highest BCUT2D eigenvalue weighted by molar-refractivity contribution is 6.00. The van der Waals surface area contributed by atoms with E-state index in [2.05, 4.69) is 23.5 Å². The Bertz CT molecular complexity index is 1380. The molecular formula is C31H28N2O3. The molecule has 2 aliphatic rings. The van der Waals surface area contributed by atoms with Crippen LogP contribution in [0.4, 0.5) is 0 Å². The summed E-state index contributed by atoms with van der Waals surface area (Å²) in [6, 6.07) is 28.1. The summed E-state index contributed by atoms with van der Waals surface area (Å²) < 4.78 is 11.7. The van der Waals surface area contributed by atoms with Gasteiger partial charge in [-0.15, -0.1) is 0 Å². The number of allylic oxidation sites excluding steroid dienone is 4. The summed E-state index contributed by atoms with van der Waals surface area (Å²) in [5.41, 5.74) is 5.99. The fourth-order valence-electron chi connectivity index (χ4n) is 5.20. The van der Waals surface area contributed by atoms with Gasteiger partial charge in [0.1, 0.15) is 6.61 Å². The predicted molar refractivity (Wildman–Crippen MR) is 138 cm³/mol. The van der Waals surface area contributed by atoms with Crippen LogP contribution in [0, 0.1) is 11.3 Å². The first-order valence-electron chi connectivity index (χ1n) is 12.1. The van der Waals surface area contributed by atoms with E-state index < -0.39 is 5.92 Å². The van der Waals surface area contributed by atoms with Crippen LogP contribution < -0.4 is 14.8 Å². The van der Waals surface area contributed by atoms with Gasteiger partial charge in [-0.25, -0.2) is 0 Å². The minimum atomic E-state index is -0.437. The molecule has 5 heteroatoms. The molecule has 5 rings (SSSR count). The second-order valence-corrected chi connectivity index (χ2v) is 9.22. The van der Waals surface area contributed by atoms with Crippen LogP contribution in [0.1, 0.15) is 48.3 Å². The molecule has 5 nitrogen and oxygen atoms in total. The number of ketones is 1. The SMILES string of the molecule is COc1cc([C@@H]2C(C#N)=C(C)NC3=C2C(=O)C[C@@H](c2ccccc2)C3)ccc1OCc1ccccc1. The topological polar surface area (TPSA) is 71.3 Å². The van der Waals surface area contributed by atoms with Crippen molar-refractivity contribution in [3.05, 3.63) is 118 Å². The molecule has 1 N–H and O–H groups in total. The Morgan fingerprint density at radius 3 is 2.36 bits per heavy atom. The summed E-state index contributed by atoms with van der Waals surface area (Å²) in [5, 5.41) is 13.4. The van der Waals surface area contributed by atoms with Crippen LogP contribution in [-0.4, -0.2) is 12.9 Å². The van der Waals surface area contributed by atoms with E-state index in [1.54, 1.807) is 7.11 Å². The molecule has 2 atom stereocenters. The van der Waals surface area contributed by atoms with Gasteiger partial charge in [-0.1, -0.05) is 66.7 Å². The molecule has 180 valence electrons. The monoisotopic (exact) mass is 476 g/mol. The van der Waals surface area contributed by atoms with Crippen LogP contribution in [0.25, 0.3) is 0 Å². The maximum atomic E-state index is 13.6. The number of carbonyl (C=O) groups is 1. The van der Waals surface area contributed by atoms with E-state index in [4.69, 9.17) is 9.47 Å². The molecule has 0 bridgehead atoms. The quantitative estimate of drug-likeness (QED) is 0.461. The van der Waals surface area contributed by atoms with Crippen LogP contribution in [0.2, 0.25) is 0 Å². The first-order chi connectivity index (χ1) is 17.6. The maximum absolute atomic E-state index is 13.6. The summed E-state index contributed by atoms with van der Waals surface area (Å²) in [6.07, 6.45) is 1.15. The lowest BCUT2D eigenvalue weighted by molar-refractivity contribution is -0.116. The van der Waals surface area contributed by atoms with Crippen LogP contribution in [0.5, 0.6) is 11.5 Å². The minimum Gasteiger partial charge on any atom is -0.493 e. The summed E-state index contributed by atoms with van der Waals surface area (Å²) in [6.45, 7) is 2.32. The van der Waals surface area contributed by atoms with Crippen LogP contribution in [0.15, 0.2) is 101 Å². The first kappa shape index (κ1) is 23.4. The number of carbonyl (C=O) groups excluding carboxylic acids is 1. The predicted octanol–water partition coefficient (Wildman–Crippen LogP) is 6.16. The van der Waals surface area contributed by atoms with Crippen molar-refractivity contribution in [2.45, 2.75) is 38.2 Å². The largest absolute Gasteiger partial charge is 0.493 e. The molecule has 0 fully saturated rings. The number of benzene rings is 3. The van der Waals surface area contributed by atoms with Crippen molar-refractivity contribution in [2.75, 3.05) is 7.11 Å². The summed E-state index contributed by atoms with van der Waals surface area (Å²) in [4.78, 5) is 13.6. The van der Waals surface area contributed by atoms with E-state index in [1.165, 1.54) is 0 Å². The molecule has 0 aromatic heterocycles. The molecule has 3 aromatic rings. The fraction of sp³-hybridized carbons (Fsp3) is 0.226. The number of hydrogen-bond donors (Lipinski definition) is 1. The smallest absolute Gasteiger partial charge is 0.162 e. The Morgan fingerprint density at radius 2 is 1.67 bits per heavy atom. The van der Waals surface area contributed by atoms with Crippen LogP contribution in [-0.2, 0) is 11.4 Å². The standard InChI is InChI=1S/C31H28N2O3/c1-20-25(18-32)30(31-26(33-20)15-24(16-27(31)34)22-11-7-4-8-12-22)23-13-14-28(29(17-23)35-2)36-19-21-9-5-3-6-10-21/h3-14,17,24,30,33H,15-16,19H2,1-2H3/t24-,30+/m0/s1. The van der Waals surface area contributed by atoms with Gasteiger partial charge < -0.3 is 14.8 Å². The van der Waals surface area contributed by atoms with E-state index >= 15 is 0 Å². The molecule has 0 saturated heterocycles. The van der Waals surface area contributed by atoms with Crippen molar-refractivity contribution in [3.8, 4) is 17.6 Å². The van der Waals surface area contributed by atoms with Gasteiger partial charge in [0.2, 0.25) is 0 Å². The maximum Gasteiger partial charge on any atom is 0.162 e. The third kappa shape index (κ3) is 4.50. The van der Waals surface area contributed by atoms with Gasteiger partial charge in [0, 0.05) is 23.4 Å². The van der Waals surface area contributed by atoms with Crippen molar-refractivity contribution < 1.29 is 14.3 Å². The minimum absolute atomic E-state index is 0.0752. The zero-order valence-corrected chi connectivity index (χ0v) is 20.5. The second-order valence-electron chi connectivity index (χ2n) is 9.22. The van der Waals surface area contributed by atoms with Gasteiger partial charge in [-0.2, -0.15) is 5.26 Å². The number of nitriles is 1. The average molecular weight is 477 g/mol. The molecule has 1 aliphatic carbocycles. The van der Waals surface area contributed by atoms with Crippen molar-refractivity contribution in [2.24, 2.45) is 0 Å². The van der Waals surface area contributed by atoms with Crippen molar-refractivity contribution >= 4 is 5.78 Å². The first-order valence-corrected chi connectivity index (χ1v) is 12.1. The second kappa shape index (κ2) is 10.1. The average Bonchev–Trinajstić information content (AvgIpc) is 2.92. The van der Waals surface area contributed by atoms with Crippen molar-refractivity contribution in [1.29, 1.82) is 5.26 Å². The number of methoxy groups -OCH3 is 1. The number of nitrogens with one attached hydrogen (secondary N) is 1. The summed E-state index contributed by atoms with van der Waals surface area (Å²) >= 11 is 0. The van der Waals surface area contributed by atoms with Crippen LogP contribution >= 0.6 is 0 Å². The van der Waals surface area contributed by atoms with E-state index in [1.807, 2.05) is 73.7 Å². The number of dihydropyridines is 1. The summed E-state index contributed by atoms with van der Waals surface area (Å²) in [5.74, 6) is 0.945. The Balaban J connectivity index is 1.49. The summed E-state index contributed by atoms with van der Waals surface area (Å²) in [7, 11) is 1.60. The Hall–Kier alpha value is -4.30. The molecule has 0 radical (unpaired) electrons. The van der Waals surface area contributed by atoms with E-state index in [0.29, 0.717) is 35.7 Å². The van der Waals surface area contributed by atoms with Crippen molar-refractivity contribution in [3.63, 3.8) is 0 Å². The molecule has 0 spiro atoms. The van der Waals surface area contributed by atoms with Gasteiger partial charge in [0.05, 0.1) is 24.7 Å². The molecule has 36 heavy (non-hydrogen) atoms. The lowest BCUT2D eigenvalue weighted by Crippen LogP contribution is -2.33. The number of rotatable bonds is 6. The lowest BCUT2D eigenvalue weighted by Gasteiger charge is -2.35. The molecule has 0 saturated carbocycles. The van der Waals surface area contributed by atoms with E-state index in [-0.39, 0.29) is 11.7 Å². The number of ether oxygens (including phenoxy) is 2. The third-order valence-corrected chi connectivity index (χ3v) is 6.98. The number of nitrogens with zero attached hydrogens (tertiary/aromatic N) is 1. The molecule has 1 heterocycles. The lowest BCUT2D eigenvalue weighted by atomic mass is 9.72. The molecule has 0 amide bonds. The van der Waals surface area contributed by atoms with Gasteiger partial charge in [-0.05, 0) is 48.1 Å². The van der Waals surface area contributed by atoms with E-state index in [0.717, 1.165) is 34.5 Å². The zero-order chi connectivity index (χ0) is 25.1. The molecular weight excluding hydrogens is 448 g/mol. The highest BCUT2D eigenvalue weighted by Crippen LogP contribution is 2.46. The zero-order valence-electron chi connectivity index (χ0n) is 20.5. The van der Waals surface area contributed by atoms with Gasteiger partial charge in [0.25, 0.3) is 0 Å². The normalized spacial score (nSPS) is 19.3.